The lowest BCUT2D eigenvalue weighted by Gasteiger charge is -2.37. The second-order valence-corrected chi connectivity index (χ2v) is 4.48. The number of hydrogen-bond acceptors (Lipinski definition) is 1. The van der Waals surface area contributed by atoms with Crippen LogP contribution in [0.2, 0.25) is 0 Å². The predicted molar refractivity (Wildman–Crippen MR) is 53.0 cm³/mol. The fraction of sp³-hybridized carbons (Fsp3) is 1.00. The van der Waals surface area contributed by atoms with E-state index in [0.717, 1.165) is 6.92 Å². The monoisotopic (exact) mass is 278 g/mol. The van der Waals surface area contributed by atoms with Crippen LogP contribution in [-0.2, 0) is 4.74 Å². The van der Waals surface area contributed by atoms with Crippen LogP contribution >= 0.6 is 0 Å². The zero-order valence-corrected chi connectivity index (χ0v) is 10.00. The topological polar surface area (TPSA) is 9.23 Å². The molecule has 0 atom stereocenters. The molecule has 1 saturated carbocycles. The zero-order chi connectivity index (χ0) is 14.0. The van der Waals surface area contributed by atoms with Crippen LogP contribution in [0.3, 0.4) is 0 Å². The van der Waals surface area contributed by atoms with E-state index in [0.29, 0.717) is 19.3 Å². The Kier molecular flexibility index (Phi) is 4.56. The van der Waals surface area contributed by atoms with E-state index in [9.17, 15) is 26.3 Å². The lowest BCUT2D eigenvalue weighted by atomic mass is 9.82. The average molecular weight is 278 g/mol. The standard InChI is InChI=1S/C11H16F6O/c1-2-18-11(16,17)10(14,15)9(12,13)8-6-4-3-5-7-8/h8H,2-7H2,1H3. The van der Waals surface area contributed by atoms with Crippen molar-refractivity contribution in [3.8, 4) is 0 Å². The molecule has 0 amide bonds. The highest BCUT2D eigenvalue weighted by molar-refractivity contribution is 4.96. The van der Waals surface area contributed by atoms with E-state index in [1.165, 1.54) is 0 Å². The molecule has 0 aromatic rings. The largest absolute Gasteiger partial charge is 0.425 e. The molecule has 0 radical (unpaired) electrons. The Hall–Kier alpha value is -0.460. The molecule has 1 fully saturated rings. The first-order valence-electron chi connectivity index (χ1n) is 5.94. The Labute approximate surface area is 101 Å². The van der Waals surface area contributed by atoms with Gasteiger partial charge in [0.25, 0.3) is 0 Å². The molecule has 0 N–H and O–H groups in total. The first-order valence-corrected chi connectivity index (χ1v) is 5.94. The van der Waals surface area contributed by atoms with E-state index >= 15 is 0 Å². The Morgan fingerprint density at radius 2 is 1.44 bits per heavy atom. The molecule has 1 aliphatic carbocycles. The quantitative estimate of drug-likeness (QED) is 0.674. The Bertz CT molecular complexity index is 273. The van der Waals surface area contributed by atoms with Gasteiger partial charge in [0.05, 0.1) is 6.61 Å². The Balaban J connectivity index is 2.92. The van der Waals surface area contributed by atoms with Gasteiger partial charge in [-0.3, -0.25) is 0 Å². The lowest BCUT2D eigenvalue weighted by molar-refractivity contribution is -0.406. The molecule has 1 aliphatic rings. The van der Waals surface area contributed by atoms with Crippen molar-refractivity contribution in [3.63, 3.8) is 0 Å². The predicted octanol–water partition coefficient (Wildman–Crippen LogP) is 4.47. The summed E-state index contributed by atoms with van der Waals surface area (Å²) in [6.45, 7) is 0.284. The molecule has 1 rings (SSSR count). The highest BCUT2D eigenvalue weighted by Crippen LogP contribution is 2.52. The summed E-state index contributed by atoms with van der Waals surface area (Å²) < 4.78 is 83.4. The Morgan fingerprint density at radius 3 is 1.89 bits per heavy atom. The molecular formula is C11H16F6O. The molecule has 1 nitrogen and oxygen atoms in total. The van der Waals surface area contributed by atoms with Gasteiger partial charge in [0.1, 0.15) is 0 Å². The van der Waals surface area contributed by atoms with Gasteiger partial charge in [0.2, 0.25) is 0 Å². The molecular weight excluding hydrogens is 262 g/mol. The van der Waals surface area contributed by atoms with Crippen molar-refractivity contribution in [1.82, 2.24) is 0 Å². The van der Waals surface area contributed by atoms with Crippen molar-refractivity contribution in [1.29, 1.82) is 0 Å². The molecule has 0 heterocycles. The van der Waals surface area contributed by atoms with Gasteiger partial charge in [-0.15, -0.1) is 0 Å². The molecule has 0 spiro atoms. The third kappa shape index (κ3) is 2.60. The first-order chi connectivity index (χ1) is 8.17. The summed E-state index contributed by atoms with van der Waals surface area (Å²) in [6.07, 6.45) is -4.09. The molecule has 18 heavy (non-hydrogen) atoms. The van der Waals surface area contributed by atoms with Crippen LogP contribution in [0.1, 0.15) is 39.0 Å². The first kappa shape index (κ1) is 15.6. The van der Waals surface area contributed by atoms with E-state index in [1.807, 2.05) is 0 Å². The van der Waals surface area contributed by atoms with Crippen molar-refractivity contribution < 1.29 is 31.1 Å². The number of rotatable bonds is 5. The molecule has 0 aliphatic heterocycles. The average Bonchev–Trinajstić information content (AvgIpc) is 2.29. The van der Waals surface area contributed by atoms with Crippen LogP contribution in [0.4, 0.5) is 26.3 Å². The molecule has 7 heteroatoms. The maximum absolute atomic E-state index is 13.6. The molecule has 0 aromatic carbocycles. The van der Waals surface area contributed by atoms with Crippen LogP contribution < -0.4 is 0 Å². The summed E-state index contributed by atoms with van der Waals surface area (Å²) in [5, 5.41) is 0. The van der Waals surface area contributed by atoms with Crippen molar-refractivity contribution in [2.45, 2.75) is 57.0 Å². The van der Waals surface area contributed by atoms with E-state index in [2.05, 4.69) is 4.74 Å². The smallest absolute Gasteiger partial charge is 0.316 e. The summed E-state index contributed by atoms with van der Waals surface area (Å²) in [5.41, 5.74) is 0. The number of hydrogen-bond donors (Lipinski definition) is 0. The van der Waals surface area contributed by atoms with Gasteiger partial charge in [-0.25, -0.2) is 0 Å². The fourth-order valence-electron chi connectivity index (χ4n) is 2.19. The van der Waals surface area contributed by atoms with Crippen LogP contribution in [0.5, 0.6) is 0 Å². The third-order valence-corrected chi connectivity index (χ3v) is 3.23. The number of ether oxygens (including phenoxy) is 1. The summed E-state index contributed by atoms with van der Waals surface area (Å²) in [7, 11) is 0. The normalized spacial score (nSPS) is 20.2. The minimum absolute atomic E-state index is 0.162. The zero-order valence-electron chi connectivity index (χ0n) is 10.00. The van der Waals surface area contributed by atoms with E-state index in [4.69, 9.17) is 0 Å². The second kappa shape index (κ2) is 5.27. The van der Waals surface area contributed by atoms with E-state index in [1.54, 1.807) is 0 Å². The number of halogens is 6. The van der Waals surface area contributed by atoms with Gasteiger partial charge >= 0.3 is 18.0 Å². The van der Waals surface area contributed by atoms with Gasteiger partial charge in [-0.2, -0.15) is 26.3 Å². The van der Waals surface area contributed by atoms with Crippen LogP contribution in [0.25, 0.3) is 0 Å². The highest BCUT2D eigenvalue weighted by atomic mass is 19.3. The molecule has 0 unspecified atom stereocenters. The summed E-state index contributed by atoms with van der Waals surface area (Å²) >= 11 is 0. The van der Waals surface area contributed by atoms with Crippen LogP contribution in [0, 0.1) is 5.92 Å². The van der Waals surface area contributed by atoms with Crippen molar-refractivity contribution in [2.75, 3.05) is 6.61 Å². The SMILES string of the molecule is CCOC(F)(F)C(F)(F)C(F)(F)C1CCCCC1. The molecule has 0 bridgehead atoms. The summed E-state index contributed by atoms with van der Waals surface area (Å²) in [4.78, 5) is 0. The third-order valence-electron chi connectivity index (χ3n) is 3.23. The van der Waals surface area contributed by atoms with Crippen LogP contribution in [0.15, 0.2) is 0 Å². The van der Waals surface area contributed by atoms with Gasteiger partial charge in [0, 0.05) is 5.92 Å². The summed E-state index contributed by atoms with van der Waals surface area (Å²) in [6, 6.07) is 0. The minimum Gasteiger partial charge on any atom is -0.316 e. The Morgan fingerprint density at radius 1 is 0.944 bits per heavy atom. The maximum atomic E-state index is 13.6. The summed E-state index contributed by atoms with van der Waals surface area (Å²) in [5.74, 6) is -12.0. The minimum atomic E-state index is -5.49. The van der Waals surface area contributed by atoms with Gasteiger partial charge in [-0.05, 0) is 19.8 Å². The van der Waals surface area contributed by atoms with Gasteiger partial charge < -0.3 is 4.74 Å². The number of alkyl halides is 6. The molecule has 0 saturated heterocycles. The fourth-order valence-corrected chi connectivity index (χ4v) is 2.19. The lowest BCUT2D eigenvalue weighted by Crippen LogP contribution is -2.58. The van der Waals surface area contributed by atoms with Gasteiger partial charge in [-0.1, -0.05) is 19.3 Å². The van der Waals surface area contributed by atoms with Crippen molar-refractivity contribution in [3.05, 3.63) is 0 Å². The van der Waals surface area contributed by atoms with E-state index in [-0.39, 0.29) is 12.8 Å². The van der Waals surface area contributed by atoms with Crippen molar-refractivity contribution >= 4 is 0 Å². The van der Waals surface area contributed by atoms with Gasteiger partial charge in [0.15, 0.2) is 0 Å². The molecule has 108 valence electrons. The molecule has 0 aromatic heterocycles. The second-order valence-electron chi connectivity index (χ2n) is 4.48. The maximum Gasteiger partial charge on any atom is 0.425 e. The van der Waals surface area contributed by atoms with E-state index < -0.39 is 30.5 Å². The highest BCUT2D eigenvalue weighted by Gasteiger charge is 2.74. The van der Waals surface area contributed by atoms with Crippen molar-refractivity contribution in [2.24, 2.45) is 5.92 Å². The van der Waals surface area contributed by atoms with Crippen LogP contribution in [-0.4, -0.2) is 24.6 Å².